The van der Waals surface area contributed by atoms with Gasteiger partial charge in [0.1, 0.15) is 11.2 Å². The third kappa shape index (κ3) is 4.64. The Bertz CT molecular complexity index is 2750. The van der Waals surface area contributed by atoms with Gasteiger partial charge >= 0.3 is 0 Å². The lowest BCUT2D eigenvalue weighted by atomic mass is 9.82. The number of benzene rings is 8. The Morgan fingerprint density at radius 3 is 1.84 bits per heavy atom. The van der Waals surface area contributed by atoms with Crippen molar-refractivity contribution in [1.82, 2.24) is 0 Å². The molecule has 0 N–H and O–H groups in total. The van der Waals surface area contributed by atoms with Gasteiger partial charge in [0.05, 0.1) is 5.69 Å². The Kier molecular flexibility index (Phi) is 6.56. The molecule has 0 spiro atoms. The molecular weight excluding hydrogens is 619 g/mol. The van der Waals surface area contributed by atoms with Crippen LogP contribution < -0.4 is 4.90 Å². The van der Waals surface area contributed by atoms with E-state index in [2.05, 4.69) is 183 Å². The summed E-state index contributed by atoms with van der Waals surface area (Å²) in [4.78, 5) is 2.43. The van der Waals surface area contributed by atoms with Crippen LogP contribution in [-0.2, 0) is 5.41 Å². The summed E-state index contributed by atoms with van der Waals surface area (Å²) in [5, 5.41) is 4.74. The molecule has 0 bridgehead atoms. The lowest BCUT2D eigenvalue weighted by Crippen LogP contribution is -2.16. The van der Waals surface area contributed by atoms with Crippen LogP contribution in [0.25, 0.3) is 66.1 Å². The van der Waals surface area contributed by atoms with E-state index in [9.17, 15) is 0 Å². The summed E-state index contributed by atoms with van der Waals surface area (Å²) in [7, 11) is 0. The van der Waals surface area contributed by atoms with Gasteiger partial charge in [0.25, 0.3) is 0 Å². The first kappa shape index (κ1) is 29.5. The molecule has 1 heterocycles. The molecule has 8 aromatic carbocycles. The fraction of sp³-hybridized carbons (Fsp3) is 0.0612. The van der Waals surface area contributed by atoms with Crippen LogP contribution in [0.5, 0.6) is 0 Å². The van der Waals surface area contributed by atoms with Gasteiger partial charge in [0, 0.05) is 33.1 Å². The van der Waals surface area contributed by atoms with E-state index >= 15 is 0 Å². The highest BCUT2D eigenvalue weighted by Gasteiger charge is 2.37. The SMILES string of the molecule is CC1(C)c2ccccc2-c2c(N(c3ccc(-c4ccccc4)cc3)c3ccc(-c4ccc5ccc6oc7ccccc7c6c5c4)cc3)cccc21. The lowest BCUT2D eigenvalue weighted by molar-refractivity contribution is 0.660. The Labute approximate surface area is 297 Å². The fourth-order valence-electron chi connectivity index (χ4n) is 8.31. The van der Waals surface area contributed by atoms with Gasteiger partial charge in [0.2, 0.25) is 0 Å². The number of hydrogen-bond acceptors (Lipinski definition) is 2. The monoisotopic (exact) mass is 653 g/mol. The number of hydrogen-bond donors (Lipinski definition) is 0. The van der Waals surface area contributed by atoms with Crippen LogP contribution in [0.1, 0.15) is 25.0 Å². The van der Waals surface area contributed by atoms with Gasteiger partial charge in [-0.05, 0) is 98.2 Å². The maximum atomic E-state index is 6.23. The minimum Gasteiger partial charge on any atom is -0.456 e. The predicted octanol–water partition coefficient (Wildman–Crippen LogP) is 13.8. The molecule has 9 aromatic rings. The second-order valence-corrected chi connectivity index (χ2v) is 14.1. The van der Waals surface area contributed by atoms with Crippen molar-refractivity contribution < 1.29 is 4.42 Å². The quantitative estimate of drug-likeness (QED) is 0.184. The third-order valence-electron chi connectivity index (χ3n) is 10.9. The standard InChI is InChI=1S/C49H35NO/c1-49(2)42-15-8-6-13-39(42)48-43(49)16-10-17-44(48)50(37-26-21-33(22-27-37)32-11-4-3-5-12-32)38-28-23-34(24-29-38)36-20-19-35-25-30-46-47(41(35)31-36)40-14-7-9-18-45(40)51-46/h3-31H,1-2H3. The van der Waals surface area contributed by atoms with Crippen molar-refractivity contribution in [1.29, 1.82) is 0 Å². The minimum absolute atomic E-state index is 0.0869. The zero-order chi connectivity index (χ0) is 34.1. The Morgan fingerprint density at radius 1 is 0.451 bits per heavy atom. The Hall–Kier alpha value is -6.38. The molecule has 0 amide bonds. The first-order valence-electron chi connectivity index (χ1n) is 17.7. The van der Waals surface area contributed by atoms with E-state index in [4.69, 9.17) is 4.42 Å². The summed E-state index contributed by atoms with van der Waals surface area (Å²) in [6.45, 7) is 4.69. The summed E-state index contributed by atoms with van der Waals surface area (Å²) < 4.78 is 6.23. The maximum Gasteiger partial charge on any atom is 0.136 e. The summed E-state index contributed by atoms with van der Waals surface area (Å²) >= 11 is 0. The topological polar surface area (TPSA) is 16.4 Å². The van der Waals surface area contributed by atoms with Gasteiger partial charge < -0.3 is 9.32 Å². The molecule has 10 rings (SSSR count). The van der Waals surface area contributed by atoms with Crippen molar-refractivity contribution in [2.24, 2.45) is 0 Å². The van der Waals surface area contributed by atoms with Gasteiger partial charge in [-0.3, -0.25) is 0 Å². The van der Waals surface area contributed by atoms with Gasteiger partial charge in [-0.25, -0.2) is 0 Å². The van der Waals surface area contributed by atoms with E-state index in [-0.39, 0.29) is 5.41 Å². The number of rotatable bonds is 5. The van der Waals surface area contributed by atoms with Gasteiger partial charge in [-0.1, -0.05) is 141 Å². The largest absolute Gasteiger partial charge is 0.456 e. The zero-order valence-electron chi connectivity index (χ0n) is 28.6. The van der Waals surface area contributed by atoms with Crippen LogP contribution in [0.3, 0.4) is 0 Å². The van der Waals surface area contributed by atoms with Gasteiger partial charge in [-0.2, -0.15) is 0 Å². The molecule has 242 valence electrons. The first-order valence-corrected chi connectivity index (χ1v) is 17.7. The second kappa shape index (κ2) is 11.3. The van der Waals surface area contributed by atoms with Crippen molar-refractivity contribution in [3.05, 3.63) is 187 Å². The zero-order valence-corrected chi connectivity index (χ0v) is 28.6. The third-order valence-corrected chi connectivity index (χ3v) is 10.9. The molecule has 0 saturated carbocycles. The van der Waals surface area contributed by atoms with Crippen LogP contribution in [0.4, 0.5) is 17.1 Å². The molecule has 1 aliphatic rings. The number of para-hydroxylation sites is 1. The van der Waals surface area contributed by atoms with Gasteiger partial charge in [0.15, 0.2) is 0 Å². The van der Waals surface area contributed by atoms with E-state index < -0.39 is 0 Å². The molecule has 0 saturated heterocycles. The number of anilines is 3. The second-order valence-electron chi connectivity index (χ2n) is 14.1. The predicted molar refractivity (Wildman–Crippen MR) is 214 cm³/mol. The normalized spacial score (nSPS) is 13.1. The number of fused-ring (bicyclic) bond motifs is 8. The molecular formula is C49H35NO. The molecule has 51 heavy (non-hydrogen) atoms. The van der Waals surface area contributed by atoms with E-state index in [1.54, 1.807) is 0 Å². The molecule has 1 aromatic heterocycles. The van der Waals surface area contributed by atoms with Crippen LogP contribution in [0.2, 0.25) is 0 Å². The van der Waals surface area contributed by atoms with E-state index in [1.807, 2.05) is 12.1 Å². The molecule has 0 aliphatic heterocycles. The maximum absolute atomic E-state index is 6.23. The highest BCUT2D eigenvalue weighted by Crippen LogP contribution is 2.54. The molecule has 0 fully saturated rings. The number of furan rings is 1. The van der Waals surface area contributed by atoms with Crippen molar-refractivity contribution in [2.75, 3.05) is 4.90 Å². The van der Waals surface area contributed by atoms with Crippen LogP contribution in [0.15, 0.2) is 180 Å². The molecule has 2 nitrogen and oxygen atoms in total. The number of nitrogens with zero attached hydrogens (tertiary/aromatic N) is 1. The molecule has 0 atom stereocenters. The van der Waals surface area contributed by atoms with Crippen molar-refractivity contribution in [2.45, 2.75) is 19.3 Å². The Morgan fingerprint density at radius 2 is 1.06 bits per heavy atom. The average molecular weight is 654 g/mol. The van der Waals surface area contributed by atoms with Crippen molar-refractivity contribution >= 4 is 49.8 Å². The molecule has 2 heteroatoms. The molecule has 0 unspecified atom stereocenters. The molecule has 0 radical (unpaired) electrons. The highest BCUT2D eigenvalue weighted by atomic mass is 16.3. The van der Waals surface area contributed by atoms with Crippen molar-refractivity contribution in [3.63, 3.8) is 0 Å². The van der Waals surface area contributed by atoms with Gasteiger partial charge in [-0.15, -0.1) is 0 Å². The lowest BCUT2D eigenvalue weighted by Gasteiger charge is -2.29. The van der Waals surface area contributed by atoms with E-state index in [0.717, 1.165) is 27.9 Å². The summed E-state index contributed by atoms with van der Waals surface area (Å²) in [5.74, 6) is 0. The van der Waals surface area contributed by atoms with Crippen LogP contribution >= 0.6 is 0 Å². The Balaban J connectivity index is 1.12. The average Bonchev–Trinajstić information content (AvgIpc) is 3.68. The highest BCUT2D eigenvalue weighted by molar-refractivity contribution is 6.19. The summed E-state index contributed by atoms with van der Waals surface area (Å²) in [6, 6.07) is 63.7. The summed E-state index contributed by atoms with van der Waals surface area (Å²) in [6.07, 6.45) is 0. The first-order chi connectivity index (χ1) is 25.0. The fourth-order valence-corrected chi connectivity index (χ4v) is 8.31. The van der Waals surface area contributed by atoms with Crippen LogP contribution in [0, 0.1) is 0 Å². The minimum atomic E-state index is -0.0869. The summed E-state index contributed by atoms with van der Waals surface area (Å²) in [5.41, 5.74) is 15.3. The molecule has 1 aliphatic carbocycles. The van der Waals surface area contributed by atoms with E-state index in [0.29, 0.717) is 0 Å². The van der Waals surface area contributed by atoms with Crippen LogP contribution in [-0.4, -0.2) is 0 Å². The van der Waals surface area contributed by atoms with E-state index in [1.165, 1.54) is 66.4 Å². The smallest absolute Gasteiger partial charge is 0.136 e. The van der Waals surface area contributed by atoms with Crippen molar-refractivity contribution in [3.8, 4) is 33.4 Å².